The predicted molar refractivity (Wildman–Crippen MR) is 142 cm³/mol. The van der Waals surface area contributed by atoms with E-state index in [4.69, 9.17) is 13.7 Å². The molecule has 0 spiro atoms. The third-order valence-corrected chi connectivity index (χ3v) is 7.10. The number of methoxy groups -OCH3 is 2. The molecule has 0 fully saturated rings. The lowest BCUT2D eigenvalue weighted by molar-refractivity contribution is -0.384. The van der Waals surface area contributed by atoms with Crippen LogP contribution in [-0.4, -0.2) is 39.7 Å². The number of ether oxygens (including phenoxy) is 2. The van der Waals surface area contributed by atoms with Crippen LogP contribution in [0.15, 0.2) is 69.1 Å². The van der Waals surface area contributed by atoms with Crippen LogP contribution in [0.25, 0.3) is 0 Å². The number of nitro benzene ring substituents is 1. The zero-order valence-corrected chi connectivity index (χ0v) is 23.2. The van der Waals surface area contributed by atoms with Crippen LogP contribution in [0.2, 0.25) is 0 Å². The summed E-state index contributed by atoms with van der Waals surface area (Å²) in [6.07, 6.45) is 1.35. The van der Waals surface area contributed by atoms with Crippen molar-refractivity contribution in [2.45, 2.75) is 4.90 Å². The molecule has 3 rings (SSSR count). The molecule has 0 radical (unpaired) electrons. The number of hydrazone groups is 1. The van der Waals surface area contributed by atoms with E-state index in [1.807, 2.05) is 22.6 Å². The first kappa shape index (κ1) is 27.3. The van der Waals surface area contributed by atoms with Crippen molar-refractivity contribution in [1.29, 1.82) is 0 Å². The average molecular weight is 690 g/mol. The number of amides is 1. The highest BCUT2D eigenvalue weighted by atomic mass is 127. The summed E-state index contributed by atoms with van der Waals surface area (Å²) >= 11 is 5.17. The monoisotopic (exact) mass is 689 g/mol. The minimum absolute atomic E-state index is 0.0727. The molecule has 0 aromatic heterocycles. The second-order valence-electron chi connectivity index (χ2n) is 6.87. The highest BCUT2D eigenvalue weighted by Gasteiger charge is 2.23. The molecule has 0 aliphatic heterocycles. The number of carbonyl (C=O) groups is 1. The smallest absolute Gasteiger partial charge is 0.339 e. The highest BCUT2D eigenvalue weighted by molar-refractivity contribution is 14.1. The first-order valence-electron chi connectivity index (χ1n) is 9.79. The van der Waals surface area contributed by atoms with Crippen LogP contribution in [0.3, 0.4) is 0 Å². The lowest BCUT2D eigenvalue weighted by Crippen LogP contribution is -2.18. The molecule has 1 N–H and O–H groups in total. The average Bonchev–Trinajstić information content (AvgIpc) is 2.85. The number of carbonyl (C=O) groups excluding carboxylic acids is 1. The SMILES string of the molecule is COc1ccc(Br)cc1C(=O)N/N=C\c1cc(I)c(OS(=O)(=O)c2ccc([N+](=O)[O-])cc2)c(OC)c1. The number of nitrogens with one attached hydrogen (secondary N) is 1. The zero-order valence-electron chi connectivity index (χ0n) is 18.6. The number of non-ortho nitro benzene ring substituents is 1. The van der Waals surface area contributed by atoms with Gasteiger partial charge in [0.2, 0.25) is 0 Å². The summed E-state index contributed by atoms with van der Waals surface area (Å²) in [6, 6.07) is 12.3. The molecule has 36 heavy (non-hydrogen) atoms. The molecule has 0 saturated carbocycles. The van der Waals surface area contributed by atoms with Gasteiger partial charge < -0.3 is 13.7 Å². The number of benzene rings is 3. The molecule has 3 aromatic carbocycles. The van der Waals surface area contributed by atoms with E-state index in [0.717, 1.165) is 24.3 Å². The summed E-state index contributed by atoms with van der Waals surface area (Å²) in [6.45, 7) is 0. The van der Waals surface area contributed by atoms with E-state index in [0.29, 0.717) is 19.4 Å². The molecule has 14 heteroatoms. The van der Waals surface area contributed by atoms with E-state index < -0.39 is 20.9 Å². The van der Waals surface area contributed by atoms with Crippen molar-refractivity contribution in [2.24, 2.45) is 5.10 Å². The van der Waals surface area contributed by atoms with Gasteiger partial charge in [-0.1, -0.05) is 15.9 Å². The van der Waals surface area contributed by atoms with Crippen LogP contribution < -0.4 is 19.1 Å². The molecule has 0 heterocycles. The standard InChI is InChI=1S/C22H17BrIN3O8S/c1-33-19-8-3-14(23)11-17(19)22(28)26-25-12-13-9-18(24)21(20(10-13)34-2)35-36(31,32)16-6-4-15(5-7-16)27(29)30/h3-12H,1-2H3,(H,26,28)/b25-12-. The summed E-state index contributed by atoms with van der Waals surface area (Å²) < 4.78 is 42.2. The number of hydrogen-bond acceptors (Lipinski definition) is 9. The molecular weight excluding hydrogens is 673 g/mol. The lowest BCUT2D eigenvalue weighted by Gasteiger charge is -2.13. The van der Waals surface area contributed by atoms with E-state index in [-0.39, 0.29) is 27.6 Å². The van der Waals surface area contributed by atoms with Gasteiger partial charge in [0.25, 0.3) is 11.6 Å². The van der Waals surface area contributed by atoms with E-state index >= 15 is 0 Å². The maximum Gasteiger partial charge on any atom is 0.339 e. The fraction of sp³-hybridized carbons (Fsp3) is 0.0909. The van der Waals surface area contributed by atoms with Crippen LogP contribution in [0.4, 0.5) is 5.69 Å². The Hall–Kier alpha value is -3.24. The van der Waals surface area contributed by atoms with Gasteiger partial charge in [-0.25, -0.2) is 5.43 Å². The van der Waals surface area contributed by atoms with Crippen molar-refractivity contribution in [2.75, 3.05) is 14.2 Å². The predicted octanol–water partition coefficient (Wildman–Crippen LogP) is 4.51. The Balaban J connectivity index is 1.80. The molecule has 0 aliphatic rings. The van der Waals surface area contributed by atoms with E-state index in [9.17, 15) is 23.3 Å². The quantitative estimate of drug-likeness (QED) is 0.114. The zero-order chi connectivity index (χ0) is 26.5. The van der Waals surface area contributed by atoms with Crippen molar-refractivity contribution in [1.82, 2.24) is 5.43 Å². The minimum Gasteiger partial charge on any atom is -0.496 e. The van der Waals surface area contributed by atoms with Gasteiger partial charge >= 0.3 is 10.1 Å². The second-order valence-corrected chi connectivity index (χ2v) is 10.5. The van der Waals surface area contributed by atoms with Crippen molar-refractivity contribution < 1.29 is 31.8 Å². The van der Waals surface area contributed by atoms with E-state index in [2.05, 4.69) is 26.5 Å². The molecule has 0 bridgehead atoms. The topological polar surface area (TPSA) is 146 Å². The first-order valence-corrected chi connectivity index (χ1v) is 13.1. The summed E-state index contributed by atoms with van der Waals surface area (Å²) in [7, 11) is -1.53. The summed E-state index contributed by atoms with van der Waals surface area (Å²) in [4.78, 5) is 22.4. The van der Waals surface area contributed by atoms with Crippen molar-refractivity contribution in [3.8, 4) is 17.2 Å². The van der Waals surface area contributed by atoms with Gasteiger partial charge in [-0.3, -0.25) is 14.9 Å². The van der Waals surface area contributed by atoms with Crippen LogP contribution in [0, 0.1) is 13.7 Å². The molecule has 1 amide bonds. The molecule has 0 saturated heterocycles. The van der Waals surface area contributed by atoms with Gasteiger partial charge in [-0.05, 0) is 70.6 Å². The van der Waals surface area contributed by atoms with Gasteiger partial charge in [0.15, 0.2) is 11.5 Å². The van der Waals surface area contributed by atoms with Gasteiger partial charge in [0.1, 0.15) is 10.6 Å². The summed E-state index contributed by atoms with van der Waals surface area (Å²) in [5.41, 5.74) is 2.91. The third kappa shape index (κ3) is 6.50. The maximum atomic E-state index is 12.7. The van der Waals surface area contributed by atoms with Crippen LogP contribution in [0.1, 0.15) is 15.9 Å². The number of halogens is 2. The van der Waals surface area contributed by atoms with Crippen molar-refractivity contribution in [3.05, 3.63) is 83.9 Å². The van der Waals surface area contributed by atoms with Gasteiger partial charge in [0, 0.05) is 16.6 Å². The Morgan fingerprint density at radius 2 is 1.75 bits per heavy atom. The molecule has 11 nitrogen and oxygen atoms in total. The Morgan fingerprint density at radius 3 is 2.36 bits per heavy atom. The molecule has 0 unspecified atom stereocenters. The van der Waals surface area contributed by atoms with Crippen molar-refractivity contribution in [3.63, 3.8) is 0 Å². The van der Waals surface area contributed by atoms with Gasteiger partial charge in [0.05, 0.1) is 34.5 Å². The van der Waals surface area contributed by atoms with E-state index in [1.165, 1.54) is 26.5 Å². The number of hydrogen-bond donors (Lipinski definition) is 1. The second kappa shape index (κ2) is 11.7. The Morgan fingerprint density at radius 1 is 1.08 bits per heavy atom. The fourth-order valence-corrected chi connectivity index (χ4v) is 5.07. The Bertz CT molecular complexity index is 1450. The normalized spacial score (nSPS) is 11.2. The molecule has 0 aliphatic carbocycles. The summed E-state index contributed by atoms with van der Waals surface area (Å²) in [5, 5.41) is 14.8. The molecule has 0 atom stereocenters. The fourth-order valence-electron chi connectivity index (χ4n) is 2.87. The van der Waals surface area contributed by atoms with Crippen molar-refractivity contribution >= 4 is 66.4 Å². The van der Waals surface area contributed by atoms with Gasteiger partial charge in [-0.2, -0.15) is 13.5 Å². The Labute approximate surface area is 228 Å². The van der Waals surface area contributed by atoms with Crippen LogP contribution in [-0.2, 0) is 10.1 Å². The minimum atomic E-state index is -4.31. The largest absolute Gasteiger partial charge is 0.496 e. The van der Waals surface area contributed by atoms with Gasteiger partial charge in [-0.15, -0.1) is 0 Å². The highest BCUT2D eigenvalue weighted by Crippen LogP contribution is 2.36. The maximum absolute atomic E-state index is 12.7. The molecule has 188 valence electrons. The van der Waals surface area contributed by atoms with E-state index in [1.54, 1.807) is 24.3 Å². The third-order valence-electron chi connectivity index (χ3n) is 4.57. The number of rotatable bonds is 9. The molecule has 3 aromatic rings. The Kier molecular flexibility index (Phi) is 8.86. The summed E-state index contributed by atoms with van der Waals surface area (Å²) in [5.74, 6) is -0.108. The first-order chi connectivity index (χ1) is 17.1. The molecular formula is C22H17BrIN3O8S. The van der Waals surface area contributed by atoms with Crippen LogP contribution in [0.5, 0.6) is 17.2 Å². The number of nitro groups is 1. The number of nitrogens with zero attached hydrogens (tertiary/aromatic N) is 2. The van der Waals surface area contributed by atoms with Crippen LogP contribution >= 0.6 is 38.5 Å². The lowest BCUT2D eigenvalue weighted by atomic mass is 10.2.